The molecule has 2 aromatic rings. The lowest BCUT2D eigenvalue weighted by Crippen LogP contribution is -2.25. The Morgan fingerprint density at radius 3 is 2.67 bits per heavy atom. The fraction of sp³-hybridized carbons (Fsp3) is 0.267. The van der Waals surface area contributed by atoms with Gasteiger partial charge in [0.25, 0.3) is 5.56 Å². The van der Waals surface area contributed by atoms with E-state index >= 15 is 0 Å². The molecule has 6 heteroatoms. The number of esters is 1. The van der Waals surface area contributed by atoms with Gasteiger partial charge in [0.15, 0.2) is 0 Å². The largest absolute Gasteiger partial charge is 0.465 e. The van der Waals surface area contributed by atoms with Crippen LogP contribution < -0.4 is 10.5 Å². The molecular formula is C15H17N3O3. The molecule has 2 rings (SSSR count). The van der Waals surface area contributed by atoms with E-state index in [1.54, 1.807) is 35.4 Å². The van der Waals surface area contributed by atoms with E-state index in [0.29, 0.717) is 11.1 Å². The number of rotatable bonds is 4. The average molecular weight is 287 g/mol. The van der Waals surface area contributed by atoms with E-state index in [9.17, 15) is 9.59 Å². The number of carbonyl (C=O) groups excluding carboxylic acids is 1. The highest BCUT2D eigenvalue weighted by atomic mass is 16.5. The van der Waals surface area contributed by atoms with Crippen LogP contribution in [0.15, 0.2) is 41.3 Å². The number of benzene rings is 1. The van der Waals surface area contributed by atoms with Gasteiger partial charge in [-0.2, -0.15) is 5.10 Å². The third-order valence-electron chi connectivity index (χ3n) is 3.11. The van der Waals surface area contributed by atoms with Crippen molar-refractivity contribution in [1.29, 1.82) is 0 Å². The maximum atomic E-state index is 12.1. The Morgan fingerprint density at radius 1 is 1.33 bits per heavy atom. The molecule has 1 aromatic heterocycles. The zero-order chi connectivity index (χ0) is 15.4. The van der Waals surface area contributed by atoms with Crippen LogP contribution in [0.4, 0.5) is 5.69 Å². The third-order valence-corrected chi connectivity index (χ3v) is 3.11. The summed E-state index contributed by atoms with van der Waals surface area (Å²) >= 11 is 0. The minimum absolute atomic E-state index is 0.220. The Kier molecular flexibility index (Phi) is 4.37. The van der Waals surface area contributed by atoms with E-state index in [-0.39, 0.29) is 12.1 Å². The first-order valence-electron chi connectivity index (χ1n) is 6.43. The van der Waals surface area contributed by atoms with Gasteiger partial charge in [-0.15, -0.1) is 0 Å². The number of nitrogens with zero attached hydrogens (tertiary/aromatic N) is 3. The predicted molar refractivity (Wildman–Crippen MR) is 79.7 cm³/mol. The Balaban J connectivity index is 2.35. The Morgan fingerprint density at radius 2 is 2.05 bits per heavy atom. The highest BCUT2D eigenvalue weighted by molar-refractivity contribution is 5.90. The molecular weight excluding hydrogens is 270 g/mol. The Hall–Kier alpha value is -2.63. The van der Waals surface area contributed by atoms with Gasteiger partial charge in [0.05, 0.1) is 31.1 Å². The number of ether oxygens (including phenoxy) is 1. The molecule has 21 heavy (non-hydrogen) atoms. The Bertz CT molecular complexity index is 707. The summed E-state index contributed by atoms with van der Waals surface area (Å²) in [5.74, 6) is -0.427. The van der Waals surface area contributed by atoms with Crippen molar-refractivity contribution in [2.75, 3.05) is 26.1 Å². The molecule has 6 nitrogen and oxygen atoms in total. The van der Waals surface area contributed by atoms with Crippen molar-refractivity contribution >= 4 is 11.7 Å². The summed E-state index contributed by atoms with van der Waals surface area (Å²) in [5, 5.41) is 4.13. The molecule has 0 saturated carbocycles. The van der Waals surface area contributed by atoms with E-state index in [1.807, 2.05) is 14.1 Å². The molecule has 0 aliphatic carbocycles. The van der Waals surface area contributed by atoms with E-state index in [1.165, 1.54) is 17.9 Å². The van der Waals surface area contributed by atoms with Crippen molar-refractivity contribution in [2.45, 2.75) is 6.54 Å². The van der Waals surface area contributed by atoms with Crippen LogP contribution >= 0.6 is 0 Å². The van der Waals surface area contributed by atoms with Crippen molar-refractivity contribution in [3.8, 4) is 0 Å². The van der Waals surface area contributed by atoms with Crippen molar-refractivity contribution in [2.24, 2.45) is 0 Å². The van der Waals surface area contributed by atoms with Gasteiger partial charge in [0, 0.05) is 20.2 Å². The second-order valence-electron chi connectivity index (χ2n) is 4.75. The van der Waals surface area contributed by atoms with Gasteiger partial charge in [-0.3, -0.25) is 4.79 Å². The van der Waals surface area contributed by atoms with Gasteiger partial charge in [-0.05, 0) is 11.6 Å². The lowest BCUT2D eigenvalue weighted by Gasteiger charge is -2.13. The monoisotopic (exact) mass is 287 g/mol. The molecule has 1 aromatic carbocycles. The van der Waals surface area contributed by atoms with Crippen LogP contribution in [-0.4, -0.2) is 37.0 Å². The topological polar surface area (TPSA) is 64.4 Å². The van der Waals surface area contributed by atoms with Crippen LogP contribution in [0.3, 0.4) is 0 Å². The zero-order valence-electron chi connectivity index (χ0n) is 12.2. The third kappa shape index (κ3) is 3.28. The molecule has 0 atom stereocenters. The summed E-state index contributed by atoms with van der Waals surface area (Å²) in [6, 6.07) is 8.51. The molecule has 0 spiro atoms. The number of aromatic nitrogens is 2. The first kappa shape index (κ1) is 14.8. The molecule has 110 valence electrons. The summed E-state index contributed by atoms with van der Waals surface area (Å²) in [6.45, 7) is 0.220. The molecule has 0 aliphatic rings. The quantitative estimate of drug-likeness (QED) is 0.789. The predicted octanol–water partition coefficient (Wildman–Crippen LogP) is 1.14. The van der Waals surface area contributed by atoms with Crippen LogP contribution in [0, 0.1) is 0 Å². The molecule has 0 radical (unpaired) electrons. The maximum absolute atomic E-state index is 12.1. The summed E-state index contributed by atoms with van der Waals surface area (Å²) in [5.41, 5.74) is 1.64. The van der Waals surface area contributed by atoms with E-state index < -0.39 is 5.97 Å². The molecule has 0 N–H and O–H groups in total. The smallest absolute Gasteiger partial charge is 0.338 e. The second kappa shape index (κ2) is 6.21. The van der Waals surface area contributed by atoms with Gasteiger partial charge >= 0.3 is 5.97 Å². The number of anilines is 1. The van der Waals surface area contributed by atoms with Crippen LogP contribution in [0.5, 0.6) is 0 Å². The van der Waals surface area contributed by atoms with E-state index in [4.69, 9.17) is 4.74 Å². The van der Waals surface area contributed by atoms with Gasteiger partial charge in [-0.25, -0.2) is 9.48 Å². The van der Waals surface area contributed by atoms with Crippen LogP contribution in [0.2, 0.25) is 0 Å². The van der Waals surface area contributed by atoms with Crippen molar-refractivity contribution in [1.82, 2.24) is 9.78 Å². The first-order chi connectivity index (χ1) is 10.0. The minimum atomic E-state index is -0.427. The lowest BCUT2D eigenvalue weighted by atomic mass is 10.1. The number of methoxy groups -OCH3 is 1. The molecule has 0 unspecified atom stereocenters. The summed E-state index contributed by atoms with van der Waals surface area (Å²) in [4.78, 5) is 25.6. The average Bonchev–Trinajstić information content (AvgIpc) is 2.49. The van der Waals surface area contributed by atoms with E-state index in [2.05, 4.69) is 5.10 Å². The lowest BCUT2D eigenvalue weighted by molar-refractivity contribution is 0.0599. The first-order valence-corrected chi connectivity index (χ1v) is 6.43. The summed E-state index contributed by atoms with van der Waals surface area (Å²) in [7, 11) is 5.01. The standard InChI is InChI=1S/C15H17N3O3/c1-17(2)12-8-14(19)18(16-9-12)10-11-6-4-5-7-13(11)15(20)21-3/h4-9H,10H2,1-3H3. The van der Waals surface area contributed by atoms with Gasteiger partial charge in [0.1, 0.15) is 0 Å². The highest BCUT2D eigenvalue weighted by Crippen LogP contribution is 2.11. The number of hydrogen-bond acceptors (Lipinski definition) is 5. The van der Waals surface area contributed by atoms with Crippen LogP contribution in [0.25, 0.3) is 0 Å². The molecule has 1 heterocycles. The fourth-order valence-electron chi connectivity index (χ4n) is 1.92. The molecule has 0 bridgehead atoms. The van der Waals surface area contributed by atoms with E-state index in [0.717, 1.165) is 5.69 Å². The van der Waals surface area contributed by atoms with Crippen LogP contribution in [0.1, 0.15) is 15.9 Å². The number of carbonyl (C=O) groups is 1. The summed E-state index contributed by atoms with van der Waals surface area (Å²) in [6.07, 6.45) is 1.61. The molecule has 0 fully saturated rings. The maximum Gasteiger partial charge on any atom is 0.338 e. The zero-order valence-corrected chi connectivity index (χ0v) is 12.2. The Labute approximate surface area is 122 Å². The SMILES string of the molecule is COC(=O)c1ccccc1Cn1ncc(N(C)C)cc1=O. The molecule has 0 saturated heterocycles. The normalized spacial score (nSPS) is 10.2. The van der Waals surface area contributed by atoms with Crippen LogP contribution in [-0.2, 0) is 11.3 Å². The van der Waals surface area contributed by atoms with Gasteiger partial charge in [0.2, 0.25) is 0 Å². The van der Waals surface area contributed by atoms with Gasteiger partial charge < -0.3 is 9.64 Å². The molecule has 0 aliphatic heterocycles. The van der Waals surface area contributed by atoms with Crippen molar-refractivity contribution in [3.63, 3.8) is 0 Å². The van der Waals surface area contributed by atoms with Crippen molar-refractivity contribution in [3.05, 3.63) is 58.0 Å². The minimum Gasteiger partial charge on any atom is -0.465 e. The van der Waals surface area contributed by atoms with Gasteiger partial charge in [-0.1, -0.05) is 18.2 Å². The highest BCUT2D eigenvalue weighted by Gasteiger charge is 2.12. The summed E-state index contributed by atoms with van der Waals surface area (Å²) < 4.78 is 6.06. The fourth-order valence-corrected chi connectivity index (χ4v) is 1.92. The second-order valence-corrected chi connectivity index (χ2v) is 4.75. The molecule has 0 amide bonds. The number of hydrogen-bond donors (Lipinski definition) is 0. The van der Waals surface area contributed by atoms with Crippen molar-refractivity contribution < 1.29 is 9.53 Å².